The Hall–Kier alpha value is -1.55. The van der Waals surface area contributed by atoms with Crippen LogP contribution in [0.25, 0.3) is 0 Å². The Morgan fingerprint density at radius 1 is 1.21 bits per heavy atom. The summed E-state index contributed by atoms with van der Waals surface area (Å²) in [6, 6.07) is 8.72. The lowest BCUT2D eigenvalue weighted by atomic mass is 9.79. The van der Waals surface area contributed by atoms with Gasteiger partial charge in [-0.3, -0.25) is 4.79 Å². The summed E-state index contributed by atoms with van der Waals surface area (Å²) in [7, 11) is 2.00. The van der Waals surface area contributed by atoms with Crippen LogP contribution in [-0.2, 0) is 11.3 Å². The second-order valence-electron chi connectivity index (χ2n) is 7.80. The first-order chi connectivity index (χ1) is 11.7. The van der Waals surface area contributed by atoms with Crippen LogP contribution in [0.5, 0.6) is 5.75 Å². The molecular weight excluding hydrogens is 300 g/mol. The summed E-state index contributed by atoms with van der Waals surface area (Å²) in [5.41, 5.74) is 1.14. The topological polar surface area (TPSA) is 41.6 Å². The van der Waals surface area contributed by atoms with Crippen molar-refractivity contribution in [1.29, 1.82) is 0 Å². The lowest BCUT2D eigenvalue weighted by molar-refractivity contribution is -0.140. The number of carbonyl (C=O) groups is 1. The summed E-state index contributed by atoms with van der Waals surface area (Å²) in [4.78, 5) is 14.5. The number of amides is 1. The number of para-hydroxylation sites is 1. The fourth-order valence-corrected chi connectivity index (χ4v) is 4.36. The molecule has 1 heterocycles. The minimum Gasteiger partial charge on any atom is -0.486 e. The molecule has 2 saturated carbocycles. The number of ether oxygens (including phenoxy) is 1. The van der Waals surface area contributed by atoms with Crippen molar-refractivity contribution in [3.63, 3.8) is 0 Å². The summed E-state index contributed by atoms with van der Waals surface area (Å²) in [6.45, 7) is 1.77. The Balaban J connectivity index is 1.41. The number of rotatable bonds is 2. The fraction of sp³-hybridized carbons (Fsp3) is 0.650. The van der Waals surface area contributed by atoms with Crippen molar-refractivity contribution in [3.8, 4) is 5.75 Å². The van der Waals surface area contributed by atoms with Crippen molar-refractivity contribution in [2.75, 3.05) is 13.6 Å². The average Bonchev–Trinajstić information content (AvgIpc) is 2.72. The van der Waals surface area contributed by atoms with Gasteiger partial charge in [-0.15, -0.1) is 0 Å². The lowest BCUT2D eigenvalue weighted by Crippen LogP contribution is -2.52. The van der Waals surface area contributed by atoms with Gasteiger partial charge in [-0.2, -0.15) is 0 Å². The van der Waals surface area contributed by atoms with Crippen LogP contribution < -0.4 is 10.1 Å². The van der Waals surface area contributed by atoms with E-state index >= 15 is 0 Å². The molecule has 0 aromatic heterocycles. The first-order valence-electron chi connectivity index (χ1n) is 9.41. The zero-order valence-electron chi connectivity index (χ0n) is 14.6. The highest BCUT2D eigenvalue weighted by molar-refractivity contribution is 5.79. The quantitative estimate of drug-likeness (QED) is 0.907. The summed E-state index contributed by atoms with van der Waals surface area (Å²) >= 11 is 0. The maximum Gasteiger partial charge on any atom is 0.225 e. The van der Waals surface area contributed by atoms with Crippen molar-refractivity contribution in [2.45, 2.75) is 63.1 Å². The van der Waals surface area contributed by atoms with E-state index in [4.69, 9.17) is 4.74 Å². The predicted octanol–water partition coefficient (Wildman–Crippen LogP) is 3.11. The van der Waals surface area contributed by atoms with E-state index in [0.29, 0.717) is 17.9 Å². The van der Waals surface area contributed by atoms with Crippen LogP contribution in [0.4, 0.5) is 0 Å². The van der Waals surface area contributed by atoms with Gasteiger partial charge in [0.15, 0.2) is 0 Å². The number of hydrogen-bond acceptors (Lipinski definition) is 3. The summed E-state index contributed by atoms with van der Waals surface area (Å²) in [5.74, 6) is 1.70. The largest absolute Gasteiger partial charge is 0.486 e. The van der Waals surface area contributed by atoms with Crippen molar-refractivity contribution >= 4 is 5.91 Å². The van der Waals surface area contributed by atoms with Crippen LogP contribution in [0.2, 0.25) is 0 Å². The van der Waals surface area contributed by atoms with Crippen LogP contribution in [0.1, 0.15) is 50.5 Å². The van der Waals surface area contributed by atoms with Gasteiger partial charge in [-0.1, -0.05) is 24.6 Å². The first kappa shape index (κ1) is 15.9. The highest BCUT2D eigenvalue weighted by atomic mass is 16.5. The first-order valence-corrected chi connectivity index (χ1v) is 9.41. The molecule has 2 fully saturated rings. The van der Waals surface area contributed by atoms with Crippen LogP contribution in [0, 0.1) is 5.92 Å². The summed E-state index contributed by atoms with van der Waals surface area (Å²) < 4.78 is 6.49. The van der Waals surface area contributed by atoms with Crippen molar-refractivity contribution in [1.82, 2.24) is 10.2 Å². The molecule has 4 heteroatoms. The normalized spacial score (nSPS) is 30.0. The van der Waals surface area contributed by atoms with E-state index in [2.05, 4.69) is 29.6 Å². The Bertz CT molecular complexity index is 603. The minimum atomic E-state index is -0.108. The molecule has 0 radical (unpaired) electrons. The van der Waals surface area contributed by atoms with Gasteiger partial charge in [0.05, 0.1) is 0 Å². The van der Waals surface area contributed by atoms with Gasteiger partial charge in [0, 0.05) is 37.7 Å². The second kappa shape index (κ2) is 6.40. The second-order valence-corrected chi connectivity index (χ2v) is 7.80. The molecule has 2 aliphatic carbocycles. The maximum absolute atomic E-state index is 12.5. The van der Waals surface area contributed by atoms with Crippen molar-refractivity contribution < 1.29 is 9.53 Å². The van der Waals surface area contributed by atoms with E-state index < -0.39 is 0 Å². The number of nitrogens with one attached hydrogen (secondary N) is 1. The molecule has 130 valence electrons. The smallest absolute Gasteiger partial charge is 0.225 e. The van der Waals surface area contributed by atoms with E-state index in [-0.39, 0.29) is 5.60 Å². The van der Waals surface area contributed by atoms with Crippen LogP contribution in [0.15, 0.2) is 24.3 Å². The molecular formula is C20H28N2O2. The van der Waals surface area contributed by atoms with Gasteiger partial charge in [-0.25, -0.2) is 0 Å². The van der Waals surface area contributed by atoms with E-state index in [1.807, 2.05) is 11.9 Å². The lowest BCUT2D eigenvalue weighted by Gasteiger charge is -2.43. The number of benzene rings is 1. The van der Waals surface area contributed by atoms with Gasteiger partial charge in [-0.05, 0) is 44.6 Å². The SMILES string of the molecule is CN(C(=O)C1CCC1)C1CCC2(CC1)CNCc1ccccc1O2. The molecule has 1 aliphatic heterocycles. The zero-order chi connectivity index (χ0) is 16.6. The summed E-state index contributed by atoms with van der Waals surface area (Å²) in [5, 5.41) is 3.56. The molecule has 0 unspecified atom stereocenters. The Labute approximate surface area is 144 Å². The minimum absolute atomic E-state index is 0.108. The Kier molecular flexibility index (Phi) is 4.25. The number of nitrogens with zero attached hydrogens (tertiary/aromatic N) is 1. The Morgan fingerprint density at radius 2 is 1.96 bits per heavy atom. The zero-order valence-corrected chi connectivity index (χ0v) is 14.6. The summed E-state index contributed by atoms with van der Waals surface area (Å²) in [6.07, 6.45) is 7.50. The third kappa shape index (κ3) is 2.92. The third-order valence-electron chi connectivity index (χ3n) is 6.28. The molecule has 1 spiro atoms. The van der Waals surface area contributed by atoms with E-state index in [1.54, 1.807) is 0 Å². The monoisotopic (exact) mass is 328 g/mol. The standard InChI is InChI=1S/C20H28N2O2/c1-22(19(23)15-6-4-7-15)17-9-11-20(12-10-17)14-21-13-16-5-2-3-8-18(16)24-20/h2-3,5,8,15,17,21H,4,6-7,9-14H2,1H3. The maximum atomic E-state index is 12.5. The number of carbonyl (C=O) groups excluding carboxylic acids is 1. The van der Waals surface area contributed by atoms with Gasteiger partial charge in [0.2, 0.25) is 5.91 Å². The molecule has 1 aromatic carbocycles. The molecule has 4 nitrogen and oxygen atoms in total. The molecule has 0 atom stereocenters. The Morgan fingerprint density at radius 3 is 2.67 bits per heavy atom. The fourth-order valence-electron chi connectivity index (χ4n) is 4.36. The molecule has 4 rings (SSSR count). The average molecular weight is 328 g/mol. The van der Waals surface area contributed by atoms with Gasteiger partial charge in [0.1, 0.15) is 11.4 Å². The number of hydrogen-bond donors (Lipinski definition) is 1. The molecule has 1 amide bonds. The predicted molar refractivity (Wildman–Crippen MR) is 93.9 cm³/mol. The molecule has 1 N–H and O–H groups in total. The molecule has 3 aliphatic rings. The van der Waals surface area contributed by atoms with E-state index in [1.165, 1.54) is 12.0 Å². The third-order valence-corrected chi connectivity index (χ3v) is 6.28. The highest BCUT2D eigenvalue weighted by Gasteiger charge is 2.41. The molecule has 24 heavy (non-hydrogen) atoms. The van der Waals surface area contributed by atoms with Gasteiger partial charge in [0.25, 0.3) is 0 Å². The van der Waals surface area contributed by atoms with Crippen molar-refractivity contribution in [3.05, 3.63) is 29.8 Å². The van der Waals surface area contributed by atoms with Gasteiger partial charge >= 0.3 is 0 Å². The molecule has 0 bridgehead atoms. The van der Waals surface area contributed by atoms with E-state index in [9.17, 15) is 4.79 Å². The molecule has 1 aromatic rings. The van der Waals surface area contributed by atoms with Crippen molar-refractivity contribution in [2.24, 2.45) is 5.92 Å². The van der Waals surface area contributed by atoms with Crippen LogP contribution >= 0.6 is 0 Å². The van der Waals surface area contributed by atoms with Crippen LogP contribution in [0.3, 0.4) is 0 Å². The van der Waals surface area contributed by atoms with E-state index in [0.717, 1.165) is 57.4 Å². The van der Waals surface area contributed by atoms with Gasteiger partial charge < -0.3 is 15.0 Å². The molecule has 0 saturated heterocycles. The number of fused-ring (bicyclic) bond motifs is 1. The highest BCUT2D eigenvalue weighted by Crippen LogP contribution is 2.38. The van der Waals surface area contributed by atoms with Crippen LogP contribution in [-0.4, -0.2) is 36.0 Å².